The second kappa shape index (κ2) is 11.7. The standard InChI is InChI=1S/C25H48/c1-4-6-8-9-10-12-22-13-15-23(16-14-22)24-17-20-25(3,21-18-24)19-11-7-5-2/h22-24H,4-21H2,1-3H3. The molecule has 0 aromatic rings. The van der Waals surface area contributed by atoms with Crippen molar-refractivity contribution in [1.82, 2.24) is 0 Å². The first-order chi connectivity index (χ1) is 12.2. The van der Waals surface area contributed by atoms with Crippen LogP contribution >= 0.6 is 0 Å². The molecule has 0 unspecified atom stereocenters. The van der Waals surface area contributed by atoms with Gasteiger partial charge in [-0.1, -0.05) is 91.4 Å². The van der Waals surface area contributed by atoms with E-state index in [2.05, 4.69) is 20.8 Å². The van der Waals surface area contributed by atoms with E-state index in [-0.39, 0.29) is 0 Å². The van der Waals surface area contributed by atoms with Crippen LogP contribution < -0.4 is 0 Å². The zero-order chi connectivity index (χ0) is 18.0. The summed E-state index contributed by atoms with van der Waals surface area (Å²) in [7, 11) is 0. The normalized spacial score (nSPS) is 33.5. The molecule has 148 valence electrons. The van der Waals surface area contributed by atoms with Crippen molar-refractivity contribution in [2.24, 2.45) is 23.2 Å². The van der Waals surface area contributed by atoms with Crippen molar-refractivity contribution in [3.05, 3.63) is 0 Å². The Morgan fingerprint density at radius 3 is 1.84 bits per heavy atom. The topological polar surface area (TPSA) is 0 Å². The van der Waals surface area contributed by atoms with Gasteiger partial charge in [0.2, 0.25) is 0 Å². The summed E-state index contributed by atoms with van der Waals surface area (Å²) in [6.45, 7) is 7.25. The van der Waals surface area contributed by atoms with E-state index >= 15 is 0 Å². The van der Waals surface area contributed by atoms with Crippen LogP contribution in [-0.4, -0.2) is 0 Å². The molecule has 0 aromatic carbocycles. The fourth-order valence-electron chi connectivity index (χ4n) is 5.85. The molecule has 2 aliphatic carbocycles. The predicted molar refractivity (Wildman–Crippen MR) is 113 cm³/mol. The average molecular weight is 349 g/mol. The Bertz CT molecular complexity index is 315. The molecule has 0 heteroatoms. The van der Waals surface area contributed by atoms with Crippen LogP contribution in [0, 0.1) is 23.2 Å². The lowest BCUT2D eigenvalue weighted by molar-refractivity contribution is 0.0949. The Morgan fingerprint density at radius 2 is 1.20 bits per heavy atom. The molecule has 0 aromatic heterocycles. The third-order valence-electron chi connectivity index (χ3n) is 7.90. The molecule has 25 heavy (non-hydrogen) atoms. The van der Waals surface area contributed by atoms with E-state index in [1.165, 1.54) is 77.0 Å². The van der Waals surface area contributed by atoms with Gasteiger partial charge in [-0.2, -0.15) is 0 Å². The maximum atomic E-state index is 2.59. The fraction of sp³-hybridized carbons (Fsp3) is 1.00. The molecule has 0 spiro atoms. The van der Waals surface area contributed by atoms with Crippen LogP contribution in [0.1, 0.15) is 136 Å². The van der Waals surface area contributed by atoms with Crippen LogP contribution in [0.2, 0.25) is 0 Å². The monoisotopic (exact) mass is 348 g/mol. The van der Waals surface area contributed by atoms with Gasteiger partial charge in [0.05, 0.1) is 0 Å². The molecule has 0 amide bonds. The second-order valence-corrected chi connectivity index (χ2v) is 10.1. The highest BCUT2D eigenvalue weighted by Crippen LogP contribution is 2.47. The first-order valence-corrected chi connectivity index (χ1v) is 12.2. The summed E-state index contributed by atoms with van der Waals surface area (Å²) in [4.78, 5) is 0. The highest BCUT2D eigenvalue weighted by molar-refractivity contribution is 4.86. The van der Waals surface area contributed by atoms with E-state index in [9.17, 15) is 0 Å². The van der Waals surface area contributed by atoms with Crippen LogP contribution in [0.5, 0.6) is 0 Å². The molecule has 0 atom stereocenters. The molecular formula is C25H48. The van der Waals surface area contributed by atoms with Gasteiger partial charge >= 0.3 is 0 Å². The van der Waals surface area contributed by atoms with Crippen LogP contribution in [0.25, 0.3) is 0 Å². The maximum Gasteiger partial charge on any atom is -0.0326 e. The smallest absolute Gasteiger partial charge is 0.0326 e. The number of rotatable bonds is 11. The number of unbranched alkanes of at least 4 members (excludes halogenated alkanes) is 6. The van der Waals surface area contributed by atoms with Crippen LogP contribution in [0.4, 0.5) is 0 Å². The van der Waals surface area contributed by atoms with E-state index in [4.69, 9.17) is 0 Å². The summed E-state index contributed by atoms with van der Waals surface area (Å²) in [5, 5.41) is 0. The van der Waals surface area contributed by atoms with Crippen molar-refractivity contribution < 1.29 is 0 Å². The Labute approximate surface area is 159 Å². The lowest BCUT2D eigenvalue weighted by Crippen LogP contribution is -2.30. The van der Waals surface area contributed by atoms with Gasteiger partial charge in [0.1, 0.15) is 0 Å². The SMILES string of the molecule is CCCCCCCC1CCC(C2CCC(C)(CCCCC)CC2)CC1. The first-order valence-electron chi connectivity index (χ1n) is 12.2. The molecule has 2 fully saturated rings. The Hall–Kier alpha value is 0. The van der Waals surface area contributed by atoms with Crippen molar-refractivity contribution in [3.8, 4) is 0 Å². The minimum atomic E-state index is 0.696. The number of hydrogen-bond donors (Lipinski definition) is 0. The zero-order valence-electron chi connectivity index (χ0n) is 18.0. The van der Waals surface area contributed by atoms with Gasteiger partial charge in [0.15, 0.2) is 0 Å². The van der Waals surface area contributed by atoms with Crippen LogP contribution in [-0.2, 0) is 0 Å². The highest BCUT2D eigenvalue weighted by atomic mass is 14.4. The van der Waals surface area contributed by atoms with Crippen molar-refractivity contribution in [2.45, 2.75) is 136 Å². The van der Waals surface area contributed by atoms with Gasteiger partial charge in [-0.15, -0.1) is 0 Å². The van der Waals surface area contributed by atoms with Gasteiger partial charge in [0, 0.05) is 0 Å². The van der Waals surface area contributed by atoms with E-state index in [1.807, 2.05) is 0 Å². The summed E-state index contributed by atoms with van der Waals surface area (Å²) >= 11 is 0. The first kappa shape index (κ1) is 21.3. The quantitative estimate of drug-likeness (QED) is 0.327. The van der Waals surface area contributed by atoms with Crippen LogP contribution in [0.15, 0.2) is 0 Å². The van der Waals surface area contributed by atoms with Crippen LogP contribution in [0.3, 0.4) is 0 Å². The minimum Gasteiger partial charge on any atom is -0.0654 e. The Morgan fingerprint density at radius 1 is 0.640 bits per heavy atom. The molecule has 0 aliphatic heterocycles. The molecule has 0 nitrogen and oxygen atoms in total. The molecule has 2 aliphatic rings. The predicted octanol–water partition coefficient (Wildman–Crippen LogP) is 8.93. The van der Waals surface area contributed by atoms with E-state index < -0.39 is 0 Å². The molecule has 0 heterocycles. The molecule has 0 saturated heterocycles. The second-order valence-electron chi connectivity index (χ2n) is 10.1. The lowest BCUT2D eigenvalue weighted by Gasteiger charge is -2.42. The molecular weight excluding hydrogens is 300 g/mol. The summed E-state index contributed by atoms with van der Waals surface area (Å²) in [6, 6.07) is 0. The average Bonchev–Trinajstić information content (AvgIpc) is 2.63. The molecule has 2 rings (SSSR count). The highest BCUT2D eigenvalue weighted by Gasteiger charge is 2.35. The largest absolute Gasteiger partial charge is 0.0654 e. The Balaban J connectivity index is 1.59. The van der Waals surface area contributed by atoms with Gasteiger partial charge in [-0.25, -0.2) is 0 Å². The van der Waals surface area contributed by atoms with Crippen molar-refractivity contribution in [2.75, 3.05) is 0 Å². The summed E-state index contributed by atoms with van der Waals surface area (Å²) < 4.78 is 0. The number of hydrogen-bond acceptors (Lipinski definition) is 0. The third-order valence-corrected chi connectivity index (χ3v) is 7.90. The van der Waals surface area contributed by atoms with Gasteiger partial charge in [0.25, 0.3) is 0 Å². The van der Waals surface area contributed by atoms with Gasteiger partial charge in [-0.05, 0) is 68.1 Å². The van der Waals surface area contributed by atoms with E-state index in [1.54, 1.807) is 38.5 Å². The molecule has 0 bridgehead atoms. The van der Waals surface area contributed by atoms with Gasteiger partial charge < -0.3 is 0 Å². The Kier molecular flexibility index (Phi) is 9.93. The third kappa shape index (κ3) is 7.64. The van der Waals surface area contributed by atoms with E-state index in [0.717, 1.165) is 17.8 Å². The summed E-state index contributed by atoms with van der Waals surface area (Å²) in [5.74, 6) is 3.27. The fourth-order valence-corrected chi connectivity index (χ4v) is 5.85. The zero-order valence-corrected chi connectivity index (χ0v) is 18.0. The molecule has 2 saturated carbocycles. The summed E-state index contributed by atoms with van der Waals surface area (Å²) in [5.41, 5.74) is 0.696. The lowest BCUT2D eigenvalue weighted by atomic mass is 9.63. The molecule has 0 N–H and O–H groups in total. The van der Waals surface area contributed by atoms with Crippen molar-refractivity contribution in [3.63, 3.8) is 0 Å². The maximum absolute atomic E-state index is 2.59. The summed E-state index contributed by atoms with van der Waals surface area (Å²) in [6.07, 6.45) is 27.0. The van der Waals surface area contributed by atoms with Crippen molar-refractivity contribution >= 4 is 0 Å². The molecule has 0 radical (unpaired) electrons. The van der Waals surface area contributed by atoms with Gasteiger partial charge in [-0.3, -0.25) is 0 Å². The van der Waals surface area contributed by atoms with Crippen molar-refractivity contribution in [1.29, 1.82) is 0 Å². The van der Waals surface area contributed by atoms with E-state index in [0.29, 0.717) is 5.41 Å². The minimum absolute atomic E-state index is 0.696.